The lowest BCUT2D eigenvalue weighted by Gasteiger charge is -2.28. The van der Waals surface area contributed by atoms with Crippen molar-refractivity contribution < 1.29 is 9.47 Å². The van der Waals surface area contributed by atoms with E-state index in [0.29, 0.717) is 37.7 Å². The van der Waals surface area contributed by atoms with E-state index in [1.165, 1.54) is 0 Å². The molecule has 1 aromatic heterocycles. The Kier molecular flexibility index (Phi) is 8.79. The van der Waals surface area contributed by atoms with Gasteiger partial charge < -0.3 is 25.4 Å². The summed E-state index contributed by atoms with van der Waals surface area (Å²) in [6.07, 6.45) is 3.54. The summed E-state index contributed by atoms with van der Waals surface area (Å²) < 4.78 is 11.8. The van der Waals surface area contributed by atoms with Gasteiger partial charge >= 0.3 is 0 Å². The number of aliphatic imine (C=N–C) groups is 2. The van der Waals surface area contributed by atoms with E-state index in [1.54, 1.807) is 6.20 Å². The lowest BCUT2D eigenvalue weighted by Crippen LogP contribution is -2.37. The maximum Gasteiger partial charge on any atom is 0.134 e. The molecule has 8 heteroatoms. The van der Waals surface area contributed by atoms with Gasteiger partial charge in [0.15, 0.2) is 0 Å². The number of benzene rings is 1. The molecule has 34 heavy (non-hydrogen) atoms. The van der Waals surface area contributed by atoms with E-state index in [0.717, 1.165) is 41.5 Å². The molecule has 0 atom stereocenters. The van der Waals surface area contributed by atoms with Crippen LogP contribution in [0.15, 0.2) is 52.1 Å². The number of nitrogens with one attached hydrogen (secondary N) is 1. The summed E-state index contributed by atoms with van der Waals surface area (Å²) in [6, 6.07) is 9.52. The van der Waals surface area contributed by atoms with E-state index in [4.69, 9.17) is 15.2 Å². The highest BCUT2D eigenvalue weighted by molar-refractivity contribution is 5.79. The van der Waals surface area contributed by atoms with Gasteiger partial charge in [-0.1, -0.05) is 6.07 Å². The molecule has 8 nitrogen and oxygen atoms in total. The van der Waals surface area contributed by atoms with Crippen molar-refractivity contribution in [3.63, 3.8) is 0 Å². The topological polar surface area (TPSA) is 97.4 Å². The Labute approximate surface area is 202 Å². The van der Waals surface area contributed by atoms with E-state index < -0.39 is 0 Å². The molecule has 3 N–H and O–H groups in total. The Hall–Kier alpha value is -3.23. The van der Waals surface area contributed by atoms with Crippen molar-refractivity contribution in [1.29, 1.82) is 0 Å². The molecule has 0 amide bonds. The average molecular weight is 465 g/mol. The van der Waals surface area contributed by atoms with Crippen LogP contribution in [0.5, 0.6) is 11.5 Å². The first-order valence-electron chi connectivity index (χ1n) is 11.5. The van der Waals surface area contributed by atoms with Crippen LogP contribution in [-0.2, 0) is 11.3 Å². The number of nitrogens with two attached hydrogens (primary N) is 1. The van der Waals surface area contributed by atoms with Crippen LogP contribution in [0.2, 0.25) is 0 Å². The quantitative estimate of drug-likeness (QED) is 0.428. The fraction of sp³-hybridized carbons (Fsp3) is 0.423. The maximum absolute atomic E-state index is 6.29. The van der Waals surface area contributed by atoms with Gasteiger partial charge in [-0.25, -0.2) is 4.98 Å². The first-order valence-corrected chi connectivity index (χ1v) is 11.5. The molecule has 3 rings (SSSR count). The number of ether oxygens (including phenoxy) is 2. The van der Waals surface area contributed by atoms with Crippen LogP contribution in [0.25, 0.3) is 0 Å². The van der Waals surface area contributed by atoms with E-state index >= 15 is 0 Å². The molecule has 0 bridgehead atoms. The Bertz CT molecular complexity index is 1040. The molecule has 0 saturated carbocycles. The number of hydrogen-bond donors (Lipinski definition) is 2. The number of hydrogen-bond acceptors (Lipinski definition) is 8. The minimum absolute atomic E-state index is 0.00515. The summed E-state index contributed by atoms with van der Waals surface area (Å²) >= 11 is 0. The van der Waals surface area contributed by atoms with Gasteiger partial charge in [0.05, 0.1) is 19.8 Å². The van der Waals surface area contributed by atoms with Crippen molar-refractivity contribution in [2.75, 3.05) is 43.5 Å². The van der Waals surface area contributed by atoms with Crippen molar-refractivity contribution in [2.24, 2.45) is 9.98 Å². The highest BCUT2D eigenvalue weighted by Crippen LogP contribution is 2.30. The second-order valence-corrected chi connectivity index (χ2v) is 9.33. The third-order valence-corrected chi connectivity index (χ3v) is 5.17. The van der Waals surface area contributed by atoms with Crippen molar-refractivity contribution >= 4 is 24.4 Å². The van der Waals surface area contributed by atoms with Gasteiger partial charge in [0.25, 0.3) is 0 Å². The summed E-state index contributed by atoms with van der Waals surface area (Å²) in [5, 5.41) is 3.44. The lowest BCUT2D eigenvalue weighted by molar-refractivity contribution is 0.122. The SMILES string of the molecule is C=N/C=C(\C=N/Cc1ccc(N)cc1Oc1cc(C)nc(N2CCOCC2)c1)CNC(C)(C)C. The number of aromatic nitrogens is 1. The molecular weight excluding hydrogens is 428 g/mol. The number of nitrogen functional groups attached to an aromatic ring is 1. The third-order valence-electron chi connectivity index (χ3n) is 5.17. The molecule has 0 spiro atoms. The van der Waals surface area contributed by atoms with E-state index in [1.807, 2.05) is 43.5 Å². The zero-order chi connectivity index (χ0) is 24.6. The van der Waals surface area contributed by atoms with E-state index in [9.17, 15) is 0 Å². The number of anilines is 2. The average Bonchev–Trinajstić information content (AvgIpc) is 2.78. The van der Waals surface area contributed by atoms with Crippen molar-refractivity contribution in [3.05, 3.63) is 53.4 Å². The Morgan fingerprint density at radius 1 is 1.26 bits per heavy atom. The van der Waals surface area contributed by atoms with Crippen LogP contribution in [0.3, 0.4) is 0 Å². The number of nitrogens with zero attached hydrogens (tertiary/aromatic N) is 4. The fourth-order valence-electron chi connectivity index (χ4n) is 3.43. The summed E-state index contributed by atoms with van der Waals surface area (Å²) in [5.74, 6) is 2.28. The number of pyridine rings is 1. The summed E-state index contributed by atoms with van der Waals surface area (Å²) in [4.78, 5) is 15.4. The molecule has 1 saturated heterocycles. The zero-order valence-electron chi connectivity index (χ0n) is 20.7. The van der Waals surface area contributed by atoms with E-state index in [2.05, 4.69) is 52.7 Å². The summed E-state index contributed by atoms with van der Waals surface area (Å²) in [5.41, 5.74) is 9.46. The molecule has 1 aliphatic heterocycles. The van der Waals surface area contributed by atoms with E-state index in [-0.39, 0.29) is 5.54 Å². The molecule has 1 fully saturated rings. The minimum atomic E-state index is -0.00515. The predicted octanol–water partition coefficient (Wildman–Crippen LogP) is 4.14. The molecule has 2 heterocycles. The number of morpholine rings is 1. The van der Waals surface area contributed by atoms with Crippen molar-refractivity contribution in [3.8, 4) is 11.5 Å². The third kappa shape index (κ3) is 7.97. The van der Waals surface area contributed by atoms with Crippen molar-refractivity contribution in [1.82, 2.24) is 10.3 Å². The fourth-order valence-corrected chi connectivity index (χ4v) is 3.43. The molecule has 1 aromatic carbocycles. The Morgan fingerprint density at radius 3 is 2.74 bits per heavy atom. The zero-order valence-corrected chi connectivity index (χ0v) is 20.7. The molecule has 182 valence electrons. The monoisotopic (exact) mass is 464 g/mol. The van der Waals surface area contributed by atoms with Gasteiger partial charge in [0.2, 0.25) is 0 Å². The standard InChI is InChI=1S/C26H36N6O2/c1-19-12-23(14-25(31-19)32-8-10-33-11-9-32)34-24-13-22(27)7-6-21(24)18-29-16-20(15-28-5)17-30-26(2,3)4/h6-7,12-16,30H,5,8-11,17-18,27H2,1-4H3/b20-15+,29-16-. The molecule has 1 aliphatic rings. The number of aryl methyl sites for hydroxylation is 1. The van der Waals surface area contributed by atoms with Crippen LogP contribution in [0.1, 0.15) is 32.0 Å². The van der Waals surface area contributed by atoms with Crippen molar-refractivity contribution in [2.45, 2.75) is 39.8 Å². The van der Waals surface area contributed by atoms with Crippen LogP contribution in [0.4, 0.5) is 11.5 Å². The second kappa shape index (κ2) is 11.8. The van der Waals surface area contributed by atoms with Gasteiger partial charge in [0, 0.05) is 78.3 Å². The second-order valence-electron chi connectivity index (χ2n) is 9.33. The van der Waals surface area contributed by atoms with Gasteiger partial charge in [0.1, 0.15) is 17.3 Å². The summed E-state index contributed by atoms with van der Waals surface area (Å²) in [6.45, 7) is 16.0. The van der Waals surface area contributed by atoms with Gasteiger partial charge in [-0.2, -0.15) is 0 Å². The minimum Gasteiger partial charge on any atom is -0.457 e. The first kappa shape index (κ1) is 25.4. The molecule has 2 aromatic rings. The highest BCUT2D eigenvalue weighted by Gasteiger charge is 2.15. The van der Waals surface area contributed by atoms with Crippen LogP contribution < -0.4 is 20.7 Å². The molecule has 0 aliphatic carbocycles. The van der Waals surface area contributed by atoms with Crippen LogP contribution in [-0.4, -0.2) is 56.3 Å². The largest absolute Gasteiger partial charge is 0.457 e. The lowest BCUT2D eigenvalue weighted by atomic mass is 10.1. The van der Waals surface area contributed by atoms with Crippen LogP contribution in [0, 0.1) is 6.92 Å². The molecule has 0 radical (unpaired) electrons. The Balaban J connectivity index is 1.76. The van der Waals surface area contributed by atoms with Gasteiger partial charge in [-0.15, -0.1) is 0 Å². The highest BCUT2D eigenvalue weighted by atomic mass is 16.5. The van der Waals surface area contributed by atoms with Gasteiger partial charge in [-0.05, 0) is 40.5 Å². The summed E-state index contributed by atoms with van der Waals surface area (Å²) in [7, 11) is 0. The molecule has 0 unspecified atom stereocenters. The predicted molar refractivity (Wildman–Crippen MR) is 141 cm³/mol. The normalized spacial score (nSPS) is 15.1. The smallest absolute Gasteiger partial charge is 0.134 e. The first-order chi connectivity index (χ1) is 16.2. The molecular formula is C26H36N6O2. The maximum atomic E-state index is 6.29. The van der Waals surface area contributed by atoms with Crippen LogP contribution >= 0.6 is 0 Å². The number of rotatable bonds is 9. The van der Waals surface area contributed by atoms with Gasteiger partial charge in [-0.3, -0.25) is 9.98 Å². The Morgan fingerprint density at radius 2 is 2.03 bits per heavy atom.